The van der Waals surface area contributed by atoms with Crippen molar-refractivity contribution in [1.29, 1.82) is 0 Å². The Morgan fingerprint density at radius 2 is 2.17 bits per heavy atom. The van der Waals surface area contributed by atoms with Crippen molar-refractivity contribution in [2.24, 2.45) is 0 Å². The highest BCUT2D eigenvalue weighted by molar-refractivity contribution is 9.11. The zero-order valence-corrected chi connectivity index (χ0v) is 12.3. The van der Waals surface area contributed by atoms with E-state index < -0.39 is 0 Å². The molecule has 0 aliphatic rings. The summed E-state index contributed by atoms with van der Waals surface area (Å²) >= 11 is 5.04. The Kier molecular flexibility index (Phi) is 2.87. The van der Waals surface area contributed by atoms with Crippen molar-refractivity contribution < 1.29 is 9.15 Å². The van der Waals surface area contributed by atoms with Crippen molar-refractivity contribution in [2.45, 2.75) is 6.92 Å². The number of nitrogens with zero attached hydrogens (tertiary/aromatic N) is 1. The first kappa shape index (κ1) is 11.7. The number of halogens is 1. The molecular weight excluding hydrogens is 314 g/mol. The fraction of sp³-hybridized carbons (Fsp3) is 0.154. The van der Waals surface area contributed by atoms with Crippen LogP contribution in [-0.4, -0.2) is 12.1 Å². The SMILES string of the molecule is COc1cc2oc(-c3ccc(Br)s3)nc2cc1C. The van der Waals surface area contributed by atoms with Crippen LogP contribution in [0.25, 0.3) is 21.9 Å². The van der Waals surface area contributed by atoms with Crippen LogP contribution in [0.1, 0.15) is 5.56 Å². The second-order valence-corrected chi connectivity index (χ2v) is 6.38. The number of methoxy groups -OCH3 is 1. The van der Waals surface area contributed by atoms with Gasteiger partial charge in [-0.05, 0) is 46.6 Å². The molecule has 0 aliphatic carbocycles. The Labute approximate surface area is 117 Å². The Morgan fingerprint density at radius 1 is 1.33 bits per heavy atom. The lowest BCUT2D eigenvalue weighted by Crippen LogP contribution is -1.86. The molecule has 1 aromatic carbocycles. The largest absolute Gasteiger partial charge is 0.496 e. The third kappa shape index (κ3) is 1.93. The third-order valence-electron chi connectivity index (χ3n) is 2.69. The molecule has 0 saturated carbocycles. The van der Waals surface area contributed by atoms with Gasteiger partial charge in [-0.1, -0.05) is 0 Å². The maximum absolute atomic E-state index is 5.76. The lowest BCUT2D eigenvalue weighted by molar-refractivity contribution is 0.411. The van der Waals surface area contributed by atoms with Crippen molar-refractivity contribution in [1.82, 2.24) is 4.98 Å². The van der Waals surface area contributed by atoms with Crippen LogP contribution < -0.4 is 4.74 Å². The zero-order chi connectivity index (χ0) is 12.7. The van der Waals surface area contributed by atoms with Gasteiger partial charge in [0.25, 0.3) is 0 Å². The molecule has 0 amide bonds. The molecule has 92 valence electrons. The standard InChI is InChI=1S/C13H10BrNO2S/c1-7-5-8-10(6-9(7)16-2)17-13(15-8)11-3-4-12(14)18-11/h3-6H,1-2H3. The Bertz CT molecular complexity index is 717. The van der Waals surface area contributed by atoms with E-state index in [0.29, 0.717) is 5.89 Å². The van der Waals surface area contributed by atoms with E-state index in [1.54, 1.807) is 18.4 Å². The molecule has 0 bridgehead atoms. The summed E-state index contributed by atoms with van der Waals surface area (Å²) in [6.45, 7) is 1.99. The number of rotatable bonds is 2. The number of hydrogen-bond donors (Lipinski definition) is 0. The van der Waals surface area contributed by atoms with E-state index in [2.05, 4.69) is 20.9 Å². The Morgan fingerprint density at radius 3 is 2.83 bits per heavy atom. The van der Waals surface area contributed by atoms with E-state index >= 15 is 0 Å². The van der Waals surface area contributed by atoms with Crippen LogP contribution in [0.3, 0.4) is 0 Å². The van der Waals surface area contributed by atoms with Gasteiger partial charge in [-0.3, -0.25) is 0 Å². The number of ether oxygens (including phenoxy) is 1. The van der Waals surface area contributed by atoms with Crippen molar-refractivity contribution in [3.63, 3.8) is 0 Å². The smallest absolute Gasteiger partial charge is 0.237 e. The molecule has 3 aromatic rings. The van der Waals surface area contributed by atoms with Gasteiger partial charge < -0.3 is 9.15 Å². The Balaban J connectivity index is 2.16. The van der Waals surface area contributed by atoms with Gasteiger partial charge in [0.15, 0.2) is 5.58 Å². The van der Waals surface area contributed by atoms with Crippen LogP contribution in [0.4, 0.5) is 0 Å². The molecule has 0 saturated heterocycles. The normalized spacial score (nSPS) is 11.1. The minimum Gasteiger partial charge on any atom is -0.496 e. The Hall–Kier alpha value is -1.33. The van der Waals surface area contributed by atoms with Gasteiger partial charge in [0.1, 0.15) is 11.3 Å². The van der Waals surface area contributed by atoms with Crippen LogP contribution in [0.2, 0.25) is 0 Å². The molecule has 0 unspecified atom stereocenters. The van der Waals surface area contributed by atoms with Gasteiger partial charge >= 0.3 is 0 Å². The van der Waals surface area contributed by atoms with Gasteiger partial charge in [-0.25, -0.2) is 4.98 Å². The summed E-state index contributed by atoms with van der Waals surface area (Å²) in [6, 6.07) is 7.83. The highest BCUT2D eigenvalue weighted by Gasteiger charge is 2.12. The molecule has 0 N–H and O–H groups in total. The lowest BCUT2D eigenvalue weighted by Gasteiger charge is -2.01. The average Bonchev–Trinajstić information content (AvgIpc) is 2.93. The van der Waals surface area contributed by atoms with E-state index in [-0.39, 0.29) is 0 Å². The van der Waals surface area contributed by atoms with Crippen LogP contribution in [0.15, 0.2) is 32.5 Å². The predicted octanol–water partition coefficient (Wildman–Crippen LogP) is 4.64. The second kappa shape index (κ2) is 4.40. The van der Waals surface area contributed by atoms with Gasteiger partial charge in [-0.15, -0.1) is 11.3 Å². The van der Waals surface area contributed by atoms with Crippen molar-refractivity contribution in [3.05, 3.63) is 33.6 Å². The number of aryl methyl sites for hydroxylation is 1. The van der Waals surface area contributed by atoms with E-state index in [1.807, 2.05) is 31.2 Å². The molecule has 0 radical (unpaired) electrons. The molecule has 3 nitrogen and oxygen atoms in total. The number of benzene rings is 1. The second-order valence-electron chi connectivity index (χ2n) is 3.91. The van der Waals surface area contributed by atoms with Crippen LogP contribution in [0.5, 0.6) is 5.75 Å². The van der Waals surface area contributed by atoms with Gasteiger partial charge in [0.2, 0.25) is 5.89 Å². The summed E-state index contributed by atoms with van der Waals surface area (Å²) in [7, 11) is 1.65. The van der Waals surface area contributed by atoms with E-state index in [0.717, 1.165) is 31.1 Å². The van der Waals surface area contributed by atoms with Crippen molar-refractivity contribution in [3.8, 4) is 16.5 Å². The summed E-state index contributed by atoms with van der Waals surface area (Å²) < 4.78 is 12.1. The summed E-state index contributed by atoms with van der Waals surface area (Å²) in [5.41, 5.74) is 2.65. The van der Waals surface area contributed by atoms with Gasteiger partial charge in [-0.2, -0.15) is 0 Å². The summed E-state index contributed by atoms with van der Waals surface area (Å²) in [5, 5.41) is 0. The fourth-order valence-electron chi connectivity index (χ4n) is 1.81. The predicted molar refractivity (Wildman–Crippen MR) is 76.3 cm³/mol. The molecular formula is C13H10BrNO2S. The summed E-state index contributed by atoms with van der Waals surface area (Å²) in [6.07, 6.45) is 0. The highest BCUT2D eigenvalue weighted by atomic mass is 79.9. The van der Waals surface area contributed by atoms with Crippen LogP contribution in [-0.2, 0) is 0 Å². The van der Waals surface area contributed by atoms with Crippen molar-refractivity contribution >= 4 is 38.4 Å². The molecule has 5 heteroatoms. The minimum atomic E-state index is 0.647. The van der Waals surface area contributed by atoms with E-state index in [4.69, 9.17) is 9.15 Å². The minimum absolute atomic E-state index is 0.647. The highest BCUT2D eigenvalue weighted by Crippen LogP contribution is 2.34. The summed E-state index contributed by atoms with van der Waals surface area (Å²) in [4.78, 5) is 5.51. The van der Waals surface area contributed by atoms with Crippen molar-refractivity contribution in [2.75, 3.05) is 7.11 Å². The first-order chi connectivity index (χ1) is 8.67. The summed E-state index contributed by atoms with van der Waals surface area (Å²) in [5.74, 6) is 1.46. The van der Waals surface area contributed by atoms with Gasteiger partial charge in [0, 0.05) is 6.07 Å². The monoisotopic (exact) mass is 323 g/mol. The third-order valence-corrected chi connectivity index (χ3v) is 4.30. The molecule has 2 aromatic heterocycles. The number of oxazole rings is 1. The quantitative estimate of drug-likeness (QED) is 0.689. The molecule has 3 rings (SSSR count). The number of aromatic nitrogens is 1. The lowest BCUT2D eigenvalue weighted by atomic mass is 10.2. The molecule has 0 atom stereocenters. The van der Waals surface area contributed by atoms with E-state index in [1.165, 1.54) is 0 Å². The van der Waals surface area contributed by atoms with Crippen LogP contribution in [0, 0.1) is 6.92 Å². The maximum atomic E-state index is 5.76. The molecule has 0 fully saturated rings. The topological polar surface area (TPSA) is 35.3 Å². The van der Waals surface area contributed by atoms with E-state index in [9.17, 15) is 0 Å². The molecule has 0 spiro atoms. The first-order valence-corrected chi connectivity index (χ1v) is 6.99. The molecule has 2 heterocycles. The number of hydrogen-bond acceptors (Lipinski definition) is 4. The number of thiophene rings is 1. The first-order valence-electron chi connectivity index (χ1n) is 5.38. The van der Waals surface area contributed by atoms with Crippen LogP contribution >= 0.6 is 27.3 Å². The molecule has 18 heavy (non-hydrogen) atoms. The maximum Gasteiger partial charge on any atom is 0.237 e. The van der Waals surface area contributed by atoms with Gasteiger partial charge in [0.05, 0.1) is 15.8 Å². The average molecular weight is 324 g/mol. The fourth-order valence-corrected chi connectivity index (χ4v) is 3.13. The number of fused-ring (bicyclic) bond motifs is 1. The zero-order valence-electron chi connectivity index (χ0n) is 9.86. The molecule has 0 aliphatic heterocycles.